The van der Waals surface area contributed by atoms with E-state index in [2.05, 4.69) is 5.32 Å². The molecular formula is C15H16N2O5S. The molecule has 1 aliphatic heterocycles. The number of hydrogen-bond acceptors (Lipinski definition) is 5. The number of furan rings is 1. The minimum atomic E-state index is -3.70. The SMILES string of the molecule is O=C(Nc1ccccc1S(=O)(=O)N1CCOCC1)c1ccco1. The summed E-state index contributed by atoms with van der Waals surface area (Å²) in [4.78, 5) is 12.2. The van der Waals surface area contributed by atoms with Crippen molar-refractivity contribution in [1.29, 1.82) is 0 Å². The zero-order valence-electron chi connectivity index (χ0n) is 12.3. The van der Waals surface area contributed by atoms with Gasteiger partial charge in [0.2, 0.25) is 10.0 Å². The Morgan fingerprint density at radius 1 is 1.09 bits per heavy atom. The Labute approximate surface area is 133 Å². The predicted octanol–water partition coefficient (Wildman–Crippen LogP) is 1.55. The molecule has 122 valence electrons. The number of carbonyl (C=O) groups excluding carboxylic acids is 1. The van der Waals surface area contributed by atoms with Crippen LogP contribution >= 0.6 is 0 Å². The standard InChI is InChI=1S/C15H16N2O5S/c18-15(13-5-3-9-22-13)16-12-4-1-2-6-14(12)23(19,20)17-7-10-21-11-8-17/h1-6,9H,7-8,10-11H2,(H,16,18). The summed E-state index contributed by atoms with van der Waals surface area (Å²) in [7, 11) is -3.70. The topological polar surface area (TPSA) is 88.9 Å². The molecule has 23 heavy (non-hydrogen) atoms. The average Bonchev–Trinajstić information content (AvgIpc) is 3.11. The number of anilines is 1. The van der Waals surface area contributed by atoms with E-state index in [0.29, 0.717) is 26.3 Å². The second kappa shape index (κ2) is 6.53. The monoisotopic (exact) mass is 336 g/mol. The van der Waals surface area contributed by atoms with Gasteiger partial charge in [0.05, 0.1) is 25.2 Å². The third kappa shape index (κ3) is 3.29. The first kappa shape index (κ1) is 15.7. The lowest BCUT2D eigenvalue weighted by Gasteiger charge is -2.26. The van der Waals surface area contributed by atoms with Crippen LogP contribution in [0.2, 0.25) is 0 Å². The minimum Gasteiger partial charge on any atom is -0.459 e. The summed E-state index contributed by atoms with van der Waals surface area (Å²) in [6.45, 7) is 1.31. The zero-order chi connectivity index (χ0) is 16.3. The number of carbonyl (C=O) groups is 1. The maximum absolute atomic E-state index is 12.8. The molecule has 0 saturated carbocycles. The highest BCUT2D eigenvalue weighted by atomic mass is 32.2. The number of amides is 1. The van der Waals surface area contributed by atoms with Crippen molar-refractivity contribution in [2.24, 2.45) is 0 Å². The highest BCUT2D eigenvalue weighted by molar-refractivity contribution is 7.89. The molecule has 1 aliphatic rings. The summed E-state index contributed by atoms with van der Waals surface area (Å²) in [6, 6.07) is 9.41. The lowest BCUT2D eigenvalue weighted by Crippen LogP contribution is -2.40. The molecule has 1 fully saturated rings. The van der Waals surface area contributed by atoms with E-state index < -0.39 is 15.9 Å². The van der Waals surface area contributed by atoms with Crippen LogP contribution < -0.4 is 5.32 Å². The molecule has 1 saturated heterocycles. The molecule has 2 heterocycles. The molecule has 1 aromatic heterocycles. The van der Waals surface area contributed by atoms with Crippen LogP contribution in [0.1, 0.15) is 10.6 Å². The smallest absolute Gasteiger partial charge is 0.291 e. The van der Waals surface area contributed by atoms with Crippen LogP contribution in [0.3, 0.4) is 0 Å². The van der Waals surface area contributed by atoms with Crippen LogP contribution in [-0.2, 0) is 14.8 Å². The highest BCUT2D eigenvalue weighted by Gasteiger charge is 2.29. The van der Waals surface area contributed by atoms with E-state index in [-0.39, 0.29) is 16.3 Å². The van der Waals surface area contributed by atoms with Crippen molar-refractivity contribution in [3.05, 3.63) is 48.4 Å². The normalized spacial score (nSPS) is 16.2. The second-order valence-electron chi connectivity index (χ2n) is 4.94. The van der Waals surface area contributed by atoms with Gasteiger partial charge in [-0.15, -0.1) is 0 Å². The Hall–Kier alpha value is -2.16. The van der Waals surface area contributed by atoms with E-state index in [4.69, 9.17) is 9.15 Å². The summed E-state index contributed by atoms with van der Waals surface area (Å²) < 4.78 is 37.1. The first-order valence-electron chi connectivity index (χ1n) is 7.11. The fraction of sp³-hybridized carbons (Fsp3) is 0.267. The van der Waals surface area contributed by atoms with Crippen molar-refractivity contribution in [1.82, 2.24) is 4.31 Å². The van der Waals surface area contributed by atoms with E-state index in [1.54, 1.807) is 24.3 Å². The van der Waals surface area contributed by atoms with Gasteiger partial charge in [0, 0.05) is 13.1 Å². The van der Waals surface area contributed by atoms with Gasteiger partial charge in [0.1, 0.15) is 4.90 Å². The lowest BCUT2D eigenvalue weighted by atomic mass is 10.3. The molecule has 0 unspecified atom stereocenters. The molecule has 0 bridgehead atoms. The van der Waals surface area contributed by atoms with Gasteiger partial charge in [0.25, 0.3) is 5.91 Å². The second-order valence-corrected chi connectivity index (χ2v) is 6.85. The summed E-state index contributed by atoms with van der Waals surface area (Å²) in [5, 5.41) is 2.59. The van der Waals surface area contributed by atoms with Gasteiger partial charge in [-0.1, -0.05) is 12.1 Å². The zero-order valence-corrected chi connectivity index (χ0v) is 13.1. The number of para-hydroxylation sites is 1. The van der Waals surface area contributed by atoms with Crippen molar-refractivity contribution >= 4 is 21.6 Å². The summed E-state index contributed by atoms with van der Waals surface area (Å²) in [6.07, 6.45) is 1.38. The molecule has 2 aromatic rings. The molecule has 7 nitrogen and oxygen atoms in total. The van der Waals surface area contributed by atoms with E-state index in [9.17, 15) is 13.2 Å². The van der Waals surface area contributed by atoms with Crippen LogP contribution in [0.15, 0.2) is 52.0 Å². The fourth-order valence-electron chi connectivity index (χ4n) is 2.31. The van der Waals surface area contributed by atoms with Gasteiger partial charge in [-0.05, 0) is 24.3 Å². The highest BCUT2D eigenvalue weighted by Crippen LogP contribution is 2.25. The molecule has 0 atom stereocenters. The van der Waals surface area contributed by atoms with Gasteiger partial charge >= 0.3 is 0 Å². The average molecular weight is 336 g/mol. The van der Waals surface area contributed by atoms with Crippen molar-refractivity contribution < 1.29 is 22.4 Å². The van der Waals surface area contributed by atoms with E-state index in [1.165, 1.54) is 22.7 Å². The molecule has 1 aromatic carbocycles. The number of morpholine rings is 1. The Morgan fingerprint density at radius 3 is 2.52 bits per heavy atom. The van der Waals surface area contributed by atoms with Crippen LogP contribution in [0.5, 0.6) is 0 Å². The minimum absolute atomic E-state index is 0.0572. The Bertz CT molecular complexity index is 780. The molecular weight excluding hydrogens is 320 g/mol. The van der Waals surface area contributed by atoms with Gasteiger partial charge in [-0.2, -0.15) is 4.31 Å². The van der Waals surface area contributed by atoms with Crippen molar-refractivity contribution in [3.8, 4) is 0 Å². The molecule has 3 rings (SSSR count). The van der Waals surface area contributed by atoms with E-state index in [0.717, 1.165) is 0 Å². The lowest BCUT2D eigenvalue weighted by molar-refractivity contribution is 0.0730. The number of rotatable bonds is 4. The van der Waals surface area contributed by atoms with Crippen LogP contribution in [-0.4, -0.2) is 44.9 Å². The molecule has 0 aliphatic carbocycles. The van der Waals surface area contributed by atoms with Gasteiger partial charge in [0.15, 0.2) is 5.76 Å². The molecule has 8 heteroatoms. The Morgan fingerprint density at radius 2 is 1.83 bits per heavy atom. The fourth-order valence-corrected chi connectivity index (χ4v) is 3.87. The number of ether oxygens (including phenoxy) is 1. The maximum Gasteiger partial charge on any atom is 0.291 e. The number of nitrogens with zero attached hydrogens (tertiary/aromatic N) is 1. The van der Waals surface area contributed by atoms with E-state index >= 15 is 0 Å². The third-order valence-corrected chi connectivity index (χ3v) is 5.42. The quantitative estimate of drug-likeness (QED) is 0.915. The largest absolute Gasteiger partial charge is 0.459 e. The Balaban J connectivity index is 1.89. The van der Waals surface area contributed by atoms with E-state index in [1.807, 2.05) is 0 Å². The number of sulfonamides is 1. The molecule has 1 amide bonds. The van der Waals surface area contributed by atoms with Crippen molar-refractivity contribution in [2.45, 2.75) is 4.90 Å². The first-order chi connectivity index (χ1) is 11.1. The first-order valence-corrected chi connectivity index (χ1v) is 8.55. The third-order valence-electron chi connectivity index (χ3n) is 3.47. The van der Waals surface area contributed by atoms with Crippen molar-refractivity contribution in [2.75, 3.05) is 31.6 Å². The van der Waals surface area contributed by atoms with Gasteiger partial charge in [-0.3, -0.25) is 4.79 Å². The number of nitrogens with one attached hydrogen (secondary N) is 1. The maximum atomic E-state index is 12.8. The molecule has 0 spiro atoms. The van der Waals surface area contributed by atoms with Gasteiger partial charge in [-0.25, -0.2) is 8.42 Å². The summed E-state index contributed by atoms with van der Waals surface area (Å²) in [5.74, 6) is -0.386. The van der Waals surface area contributed by atoms with Gasteiger partial charge < -0.3 is 14.5 Å². The predicted molar refractivity (Wildman–Crippen MR) is 82.7 cm³/mol. The Kier molecular flexibility index (Phi) is 4.46. The van der Waals surface area contributed by atoms with Crippen LogP contribution in [0.25, 0.3) is 0 Å². The van der Waals surface area contributed by atoms with Crippen molar-refractivity contribution in [3.63, 3.8) is 0 Å². The summed E-state index contributed by atoms with van der Waals surface area (Å²) in [5.41, 5.74) is 0.223. The molecule has 1 N–H and O–H groups in total. The summed E-state index contributed by atoms with van der Waals surface area (Å²) >= 11 is 0. The molecule has 0 radical (unpaired) electrons. The number of hydrogen-bond donors (Lipinski definition) is 1. The van der Waals surface area contributed by atoms with Crippen LogP contribution in [0, 0.1) is 0 Å². The number of benzene rings is 1. The van der Waals surface area contributed by atoms with Crippen LogP contribution in [0.4, 0.5) is 5.69 Å².